The van der Waals surface area contributed by atoms with Gasteiger partial charge in [-0.15, -0.1) is 0 Å². The van der Waals surface area contributed by atoms with Gasteiger partial charge in [0.2, 0.25) is 5.91 Å². The minimum Gasteiger partial charge on any atom is -0.493 e. The maximum atomic E-state index is 11.8. The highest BCUT2D eigenvalue weighted by atomic mass is 16.5. The Morgan fingerprint density at radius 2 is 1.90 bits per heavy atom. The molecule has 20 heavy (non-hydrogen) atoms. The van der Waals surface area contributed by atoms with E-state index in [-0.39, 0.29) is 35.9 Å². The minimum atomic E-state index is -1.19. The topological polar surface area (TPSA) is 96.3 Å². The monoisotopic (exact) mass is 281 g/mol. The van der Waals surface area contributed by atoms with E-state index in [1.54, 1.807) is 0 Å². The number of rotatable bonds is 4. The number of β-amino-alcohol motifs (C(OH)–C–C–N with tert-alkyl or cyclic N) is 1. The number of anilines is 1. The number of carboxylic acids is 1. The van der Waals surface area contributed by atoms with Crippen LogP contribution in [-0.2, 0) is 4.79 Å². The highest BCUT2D eigenvalue weighted by molar-refractivity contribution is 6.04. The van der Waals surface area contributed by atoms with Crippen LogP contribution < -0.4 is 14.4 Å². The van der Waals surface area contributed by atoms with Crippen molar-refractivity contribution >= 4 is 17.6 Å². The summed E-state index contributed by atoms with van der Waals surface area (Å²) in [5, 5.41) is 18.8. The Labute approximate surface area is 115 Å². The Balaban J connectivity index is 2.55. The predicted molar refractivity (Wildman–Crippen MR) is 69.5 cm³/mol. The second kappa shape index (κ2) is 5.38. The maximum Gasteiger partial charge on any atom is 0.337 e. The van der Waals surface area contributed by atoms with Gasteiger partial charge in [-0.3, -0.25) is 4.79 Å². The zero-order valence-electron chi connectivity index (χ0n) is 11.1. The molecule has 0 spiro atoms. The number of nitrogens with zero attached hydrogens (tertiary/aromatic N) is 1. The number of aliphatic hydroxyl groups excluding tert-OH is 1. The second-order valence-corrected chi connectivity index (χ2v) is 4.39. The van der Waals surface area contributed by atoms with E-state index < -0.39 is 12.1 Å². The second-order valence-electron chi connectivity index (χ2n) is 4.39. The molecule has 0 aromatic heterocycles. The van der Waals surface area contributed by atoms with Crippen molar-refractivity contribution in [3.63, 3.8) is 0 Å². The molecule has 1 aliphatic heterocycles. The highest BCUT2D eigenvalue weighted by Crippen LogP contribution is 2.36. The van der Waals surface area contributed by atoms with Crippen LogP contribution in [0.15, 0.2) is 12.1 Å². The molecule has 7 heteroatoms. The van der Waals surface area contributed by atoms with E-state index in [0.717, 1.165) is 0 Å². The molecule has 1 amide bonds. The van der Waals surface area contributed by atoms with Crippen molar-refractivity contribution in [2.75, 3.05) is 25.7 Å². The third kappa shape index (κ3) is 2.39. The molecule has 108 valence electrons. The molecule has 1 fully saturated rings. The summed E-state index contributed by atoms with van der Waals surface area (Å²) < 4.78 is 10.2. The molecule has 0 aliphatic carbocycles. The van der Waals surface area contributed by atoms with Crippen LogP contribution in [-0.4, -0.2) is 49.0 Å². The molecule has 2 N–H and O–H groups in total. The van der Waals surface area contributed by atoms with Crippen LogP contribution in [0.5, 0.6) is 11.5 Å². The average Bonchev–Trinajstić information content (AvgIpc) is 2.75. The normalized spacial score (nSPS) is 18.2. The standard InChI is InChI=1S/C13H15NO6/c1-19-10-4-8(13(17)18)9(5-11(10)20-2)14-6-7(15)3-12(14)16/h4-5,7,15H,3,6H2,1-2H3,(H,17,18). The largest absolute Gasteiger partial charge is 0.493 e. The van der Waals surface area contributed by atoms with Crippen molar-refractivity contribution in [2.45, 2.75) is 12.5 Å². The summed E-state index contributed by atoms with van der Waals surface area (Å²) in [6.07, 6.45) is -0.815. The molecule has 0 radical (unpaired) electrons. The zero-order chi connectivity index (χ0) is 14.9. The number of methoxy groups -OCH3 is 2. The van der Waals surface area contributed by atoms with Gasteiger partial charge in [-0.1, -0.05) is 0 Å². The fraction of sp³-hybridized carbons (Fsp3) is 0.385. The molecule has 1 unspecified atom stereocenters. The summed E-state index contributed by atoms with van der Waals surface area (Å²) >= 11 is 0. The van der Waals surface area contributed by atoms with Gasteiger partial charge in [0.05, 0.1) is 44.5 Å². The predicted octanol–water partition coefficient (Wildman–Crippen LogP) is 0.500. The first-order valence-electron chi connectivity index (χ1n) is 5.95. The van der Waals surface area contributed by atoms with Crippen molar-refractivity contribution in [3.8, 4) is 11.5 Å². The van der Waals surface area contributed by atoms with Crippen LogP contribution in [0.2, 0.25) is 0 Å². The van der Waals surface area contributed by atoms with Crippen molar-refractivity contribution in [1.29, 1.82) is 0 Å². The van der Waals surface area contributed by atoms with Crippen LogP contribution in [0.4, 0.5) is 5.69 Å². The molecule has 1 saturated heterocycles. The Kier molecular flexibility index (Phi) is 3.80. The summed E-state index contributed by atoms with van der Waals surface area (Å²) in [4.78, 5) is 24.4. The first kappa shape index (κ1) is 14.1. The lowest BCUT2D eigenvalue weighted by atomic mass is 10.1. The van der Waals surface area contributed by atoms with Crippen LogP contribution in [0, 0.1) is 0 Å². The number of aliphatic hydroxyl groups is 1. The van der Waals surface area contributed by atoms with Gasteiger partial charge in [-0.25, -0.2) is 4.79 Å². The van der Waals surface area contributed by atoms with Crippen molar-refractivity contribution in [1.82, 2.24) is 0 Å². The number of hydrogen-bond acceptors (Lipinski definition) is 5. The van der Waals surface area contributed by atoms with Gasteiger partial charge in [0.25, 0.3) is 0 Å². The van der Waals surface area contributed by atoms with Crippen LogP contribution >= 0.6 is 0 Å². The maximum absolute atomic E-state index is 11.8. The molecule has 7 nitrogen and oxygen atoms in total. The number of carbonyl (C=O) groups excluding carboxylic acids is 1. The number of carbonyl (C=O) groups is 2. The lowest BCUT2D eigenvalue weighted by Gasteiger charge is -2.20. The van der Waals surface area contributed by atoms with Gasteiger partial charge in [0, 0.05) is 12.1 Å². The Bertz CT molecular complexity index is 556. The molecule has 1 aromatic carbocycles. The van der Waals surface area contributed by atoms with Crippen LogP contribution in [0.25, 0.3) is 0 Å². The van der Waals surface area contributed by atoms with Crippen LogP contribution in [0.1, 0.15) is 16.8 Å². The van der Waals surface area contributed by atoms with Crippen molar-refractivity contribution in [2.24, 2.45) is 0 Å². The first-order valence-corrected chi connectivity index (χ1v) is 5.95. The number of aromatic carboxylic acids is 1. The molecule has 0 saturated carbocycles. The lowest BCUT2D eigenvalue weighted by Crippen LogP contribution is -2.27. The summed E-state index contributed by atoms with van der Waals surface area (Å²) in [7, 11) is 2.82. The number of amides is 1. The Hall–Kier alpha value is -2.28. The van der Waals surface area contributed by atoms with Gasteiger partial charge in [-0.05, 0) is 0 Å². The zero-order valence-corrected chi connectivity index (χ0v) is 11.1. The molecular weight excluding hydrogens is 266 g/mol. The fourth-order valence-corrected chi connectivity index (χ4v) is 2.18. The molecule has 1 heterocycles. The molecular formula is C13H15NO6. The minimum absolute atomic E-state index is 0.0204. The number of carboxylic acid groups (broad SMARTS) is 1. The summed E-state index contributed by atoms with van der Waals surface area (Å²) in [6, 6.07) is 2.73. The molecule has 1 aromatic rings. The molecule has 0 bridgehead atoms. The van der Waals surface area contributed by atoms with E-state index in [1.165, 1.54) is 31.3 Å². The number of benzene rings is 1. The van der Waals surface area contributed by atoms with Gasteiger partial charge in [0.1, 0.15) is 0 Å². The SMILES string of the molecule is COc1cc(C(=O)O)c(N2CC(O)CC2=O)cc1OC. The van der Waals surface area contributed by atoms with Gasteiger partial charge < -0.3 is 24.6 Å². The Morgan fingerprint density at radius 1 is 1.30 bits per heavy atom. The van der Waals surface area contributed by atoms with E-state index >= 15 is 0 Å². The molecule has 2 rings (SSSR count). The third-order valence-electron chi connectivity index (χ3n) is 3.13. The fourth-order valence-electron chi connectivity index (χ4n) is 2.18. The lowest BCUT2D eigenvalue weighted by molar-refractivity contribution is -0.117. The van der Waals surface area contributed by atoms with Crippen molar-refractivity contribution in [3.05, 3.63) is 17.7 Å². The van der Waals surface area contributed by atoms with Crippen molar-refractivity contribution < 1.29 is 29.3 Å². The van der Waals surface area contributed by atoms with E-state index in [9.17, 15) is 19.8 Å². The van der Waals surface area contributed by atoms with Gasteiger partial charge in [0.15, 0.2) is 11.5 Å². The number of hydrogen-bond donors (Lipinski definition) is 2. The summed E-state index contributed by atoms with van der Waals surface area (Å²) in [6.45, 7) is 0.0641. The van der Waals surface area contributed by atoms with E-state index in [1.807, 2.05) is 0 Å². The quantitative estimate of drug-likeness (QED) is 0.834. The molecule has 1 atom stereocenters. The summed E-state index contributed by atoms with van der Waals surface area (Å²) in [5.41, 5.74) is 0.113. The molecule has 1 aliphatic rings. The van der Waals surface area contributed by atoms with Gasteiger partial charge >= 0.3 is 5.97 Å². The van der Waals surface area contributed by atoms with E-state index in [2.05, 4.69) is 0 Å². The van der Waals surface area contributed by atoms with Crippen LogP contribution in [0.3, 0.4) is 0 Å². The van der Waals surface area contributed by atoms with Gasteiger partial charge in [-0.2, -0.15) is 0 Å². The van der Waals surface area contributed by atoms with E-state index in [4.69, 9.17) is 9.47 Å². The van der Waals surface area contributed by atoms with E-state index in [0.29, 0.717) is 5.75 Å². The summed E-state index contributed by atoms with van der Waals surface area (Å²) in [5.74, 6) is -0.926. The first-order chi connectivity index (χ1) is 9.47. The smallest absolute Gasteiger partial charge is 0.337 e. The number of ether oxygens (including phenoxy) is 2. The average molecular weight is 281 g/mol. The Morgan fingerprint density at radius 3 is 2.35 bits per heavy atom. The third-order valence-corrected chi connectivity index (χ3v) is 3.13. The highest BCUT2D eigenvalue weighted by Gasteiger charge is 2.32.